The first-order valence-corrected chi connectivity index (χ1v) is 5.69. The van der Waals surface area contributed by atoms with Gasteiger partial charge in [0.15, 0.2) is 0 Å². The fourth-order valence-electron chi connectivity index (χ4n) is 1.04. The van der Waals surface area contributed by atoms with E-state index >= 15 is 0 Å². The van der Waals surface area contributed by atoms with Crippen LogP contribution in [0.2, 0.25) is 0 Å². The van der Waals surface area contributed by atoms with E-state index in [9.17, 15) is 0 Å². The Morgan fingerprint density at radius 2 is 1.64 bits per heavy atom. The summed E-state index contributed by atoms with van der Waals surface area (Å²) in [7, 11) is 0. The van der Waals surface area contributed by atoms with Gasteiger partial charge in [-0.15, -0.1) is 0 Å². The van der Waals surface area contributed by atoms with Crippen molar-refractivity contribution in [2.75, 3.05) is 11.5 Å². The fourth-order valence-corrected chi connectivity index (χ4v) is 2.17. The molecule has 0 bridgehead atoms. The molecule has 0 atom stereocenters. The highest BCUT2D eigenvalue weighted by Crippen LogP contribution is 2.17. The van der Waals surface area contributed by atoms with Gasteiger partial charge in [0.05, 0.1) is 0 Å². The highest BCUT2D eigenvalue weighted by atomic mass is 32.2. The molecule has 0 fully saturated rings. The molecule has 0 rings (SSSR count). The topological polar surface area (TPSA) is 3.24 Å². The van der Waals surface area contributed by atoms with Gasteiger partial charge in [-0.05, 0) is 27.7 Å². The van der Waals surface area contributed by atoms with Crippen LogP contribution in [0.25, 0.3) is 0 Å². The molecule has 1 nitrogen and oxygen atoms in total. The van der Waals surface area contributed by atoms with Crippen LogP contribution in [-0.4, -0.2) is 27.9 Å². The largest absolute Gasteiger partial charge is 0.246 e. The van der Waals surface area contributed by atoms with Crippen molar-refractivity contribution in [3.05, 3.63) is 0 Å². The maximum Gasteiger partial charge on any atom is 0.0169 e. The normalized spacial score (nSPS) is 12.0. The lowest BCUT2D eigenvalue weighted by Crippen LogP contribution is -2.31. The van der Waals surface area contributed by atoms with Crippen molar-refractivity contribution in [1.82, 2.24) is 4.31 Å². The SMILES string of the molecule is CC(C)N(SCCS)C(C)C. The third kappa shape index (κ3) is 4.99. The average molecular weight is 193 g/mol. The van der Waals surface area contributed by atoms with Crippen molar-refractivity contribution in [1.29, 1.82) is 0 Å². The standard InChI is InChI=1S/C8H19NS2/c1-7(2)9(8(3)4)11-6-5-10/h7-8,10H,5-6H2,1-4H3. The van der Waals surface area contributed by atoms with Crippen LogP contribution in [0.4, 0.5) is 0 Å². The quantitative estimate of drug-likeness (QED) is 0.528. The Balaban J connectivity index is 3.70. The summed E-state index contributed by atoms with van der Waals surface area (Å²) >= 11 is 6.08. The summed E-state index contributed by atoms with van der Waals surface area (Å²) in [4.78, 5) is 0. The van der Waals surface area contributed by atoms with Gasteiger partial charge in [-0.3, -0.25) is 0 Å². The average Bonchev–Trinajstić information content (AvgIpc) is 1.87. The third-order valence-corrected chi connectivity index (χ3v) is 3.40. The van der Waals surface area contributed by atoms with Crippen LogP contribution in [0, 0.1) is 0 Å². The van der Waals surface area contributed by atoms with E-state index < -0.39 is 0 Å². The zero-order chi connectivity index (χ0) is 8.85. The van der Waals surface area contributed by atoms with Crippen molar-refractivity contribution >= 4 is 24.6 Å². The lowest BCUT2D eigenvalue weighted by Gasteiger charge is -2.28. The summed E-state index contributed by atoms with van der Waals surface area (Å²) in [6, 6.07) is 1.25. The first kappa shape index (κ1) is 11.7. The lowest BCUT2D eigenvalue weighted by atomic mass is 10.3. The number of nitrogens with zero attached hydrogens (tertiary/aromatic N) is 1. The molecular weight excluding hydrogens is 174 g/mol. The molecule has 0 aliphatic carbocycles. The molecule has 3 heteroatoms. The van der Waals surface area contributed by atoms with Crippen molar-refractivity contribution in [3.63, 3.8) is 0 Å². The van der Waals surface area contributed by atoms with Crippen molar-refractivity contribution < 1.29 is 0 Å². The Kier molecular flexibility index (Phi) is 6.58. The van der Waals surface area contributed by atoms with Gasteiger partial charge in [-0.2, -0.15) is 12.6 Å². The molecule has 0 saturated heterocycles. The molecule has 0 aliphatic rings. The summed E-state index contributed by atoms with van der Waals surface area (Å²) in [6.45, 7) is 8.91. The molecular formula is C8H19NS2. The maximum absolute atomic E-state index is 4.18. The van der Waals surface area contributed by atoms with Gasteiger partial charge in [0.25, 0.3) is 0 Å². The zero-order valence-corrected chi connectivity index (χ0v) is 9.58. The van der Waals surface area contributed by atoms with Gasteiger partial charge in [0.1, 0.15) is 0 Å². The lowest BCUT2D eigenvalue weighted by molar-refractivity contribution is 0.336. The number of rotatable bonds is 5. The Labute approximate surface area is 80.5 Å². The van der Waals surface area contributed by atoms with Crippen molar-refractivity contribution in [2.24, 2.45) is 0 Å². The molecule has 0 amide bonds. The second-order valence-corrected chi connectivity index (χ2v) is 4.64. The molecule has 11 heavy (non-hydrogen) atoms. The second kappa shape index (κ2) is 6.21. The molecule has 0 N–H and O–H groups in total. The van der Waals surface area contributed by atoms with Crippen LogP contribution in [-0.2, 0) is 0 Å². The minimum Gasteiger partial charge on any atom is -0.246 e. The summed E-state index contributed by atoms with van der Waals surface area (Å²) < 4.78 is 2.41. The smallest absolute Gasteiger partial charge is 0.0169 e. The van der Waals surface area contributed by atoms with Crippen LogP contribution in [0.3, 0.4) is 0 Å². The predicted molar refractivity (Wildman–Crippen MR) is 58.4 cm³/mol. The van der Waals surface area contributed by atoms with Gasteiger partial charge in [-0.1, -0.05) is 11.9 Å². The molecule has 0 aromatic rings. The first-order valence-electron chi connectivity index (χ1n) is 4.11. The molecule has 0 aromatic carbocycles. The fraction of sp³-hybridized carbons (Fsp3) is 1.00. The minimum atomic E-state index is 0.625. The second-order valence-electron chi connectivity index (χ2n) is 3.10. The Hall–Kier alpha value is 0.660. The van der Waals surface area contributed by atoms with Crippen molar-refractivity contribution in [3.8, 4) is 0 Å². The van der Waals surface area contributed by atoms with E-state index in [2.05, 4.69) is 44.6 Å². The van der Waals surface area contributed by atoms with Gasteiger partial charge < -0.3 is 0 Å². The van der Waals surface area contributed by atoms with Gasteiger partial charge in [0.2, 0.25) is 0 Å². The number of thiol groups is 1. The highest BCUT2D eigenvalue weighted by molar-refractivity contribution is 7.97. The summed E-state index contributed by atoms with van der Waals surface area (Å²) in [5.41, 5.74) is 0. The van der Waals surface area contributed by atoms with Crippen LogP contribution < -0.4 is 0 Å². The molecule has 0 aromatic heterocycles. The maximum atomic E-state index is 4.18. The highest BCUT2D eigenvalue weighted by Gasteiger charge is 2.12. The van der Waals surface area contributed by atoms with Gasteiger partial charge in [-0.25, -0.2) is 4.31 Å². The summed E-state index contributed by atoms with van der Waals surface area (Å²) in [6.07, 6.45) is 0. The minimum absolute atomic E-state index is 0.625. The van der Waals surface area contributed by atoms with Crippen LogP contribution in [0.1, 0.15) is 27.7 Å². The third-order valence-electron chi connectivity index (χ3n) is 1.35. The Morgan fingerprint density at radius 3 is 1.91 bits per heavy atom. The van der Waals surface area contributed by atoms with Crippen LogP contribution in [0.15, 0.2) is 0 Å². The monoisotopic (exact) mass is 193 g/mol. The molecule has 0 unspecified atom stereocenters. The van der Waals surface area contributed by atoms with Gasteiger partial charge in [0, 0.05) is 23.6 Å². The molecule has 0 aliphatic heterocycles. The van der Waals surface area contributed by atoms with Gasteiger partial charge >= 0.3 is 0 Å². The van der Waals surface area contributed by atoms with Crippen molar-refractivity contribution in [2.45, 2.75) is 39.8 Å². The molecule has 68 valence electrons. The van der Waals surface area contributed by atoms with Crippen LogP contribution >= 0.6 is 24.6 Å². The van der Waals surface area contributed by atoms with E-state index in [0.29, 0.717) is 12.1 Å². The summed E-state index contributed by atoms with van der Waals surface area (Å²) in [5.74, 6) is 2.07. The number of hydrogen-bond donors (Lipinski definition) is 1. The molecule has 0 spiro atoms. The van der Waals surface area contributed by atoms with E-state index in [1.54, 1.807) is 0 Å². The Bertz CT molecular complexity index is 86.1. The van der Waals surface area contributed by atoms with E-state index in [0.717, 1.165) is 11.5 Å². The summed E-state index contributed by atoms with van der Waals surface area (Å²) in [5, 5.41) is 0. The van der Waals surface area contributed by atoms with E-state index in [4.69, 9.17) is 0 Å². The first-order chi connectivity index (χ1) is 5.09. The van der Waals surface area contributed by atoms with Crippen LogP contribution in [0.5, 0.6) is 0 Å². The predicted octanol–water partition coefficient (Wildman–Crippen LogP) is 2.68. The van der Waals surface area contributed by atoms with E-state index in [-0.39, 0.29) is 0 Å². The Morgan fingerprint density at radius 1 is 1.18 bits per heavy atom. The molecule has 0 heterocycles. The zero-order valence-electron chi connectivity index (χ0n) is 7.87. The number of hydrogen-bond acceptors (Lipinski definition) is 3. The van der Waals surface area contributed by atoms with E-state index in [1.807, 2.05) is 11.9 Å². The molecule has 0 radical (unpaired) electrons. The molecule has 0 saturated carbocycles. The van der Waals surface area contributed by atoms with E-state index in [1.165, 1.54) is 0 Å².